The second kappa shape index (κ2) is 5.36. The van der Waals surface area contributed by atoms with Crippen molar-refractivity contribution in [1.82, 2.24) is 4.98 Å². The highest BCUT2D eigenvalue weighted by molar-refractivity contribution is 6.04. The third kappa shape index (κ3) is 3.08. The SMILES string of the molecule is O=C(Nc1ccc(C(=O)C2CC2)cc1)c1ccc(=O)[nH]c1. The van der Waals surface area contributed by atoms with Gasteiger partial charge in [0.05, 0.1) is 5.56 Å². The number of pyridine rings is 1. The third-order valence-electron chi connectivity index (χ3n) is 3.42. The lowest BCUT2D eigenvalue weighted by Crippen LogP contribution is -2.14. The highest BCUT2D eigenvalue weighted by Crippen LogP contribution is 2.32. The summed E-state index contributed by atoms with van der Waals surface area (Å²) >= 11 is 0. The molecule has 0 saturated heterocycles. The molecule has 0 atom stereocenters. The number of hydrogen-bond acceptors (Lipinski definition) is 3. The van der Waals surface area contributed by atoms with Crippen LogP contribution in [0.1, 0.15) is 33.6 Å². The van der Waals surface area contributed by atoms with Crippen LogP contribution in [-0.4, -0.2) is 16.7 Å². The lowest BCUT2D eigenvalue weighted by atomic mass is 10.1. The van der Waals surface area contributed by atoms with E-state index in [4.69, 9.17) is 0 Å². The van der Waals surface area contributed by atoms with Gasteiger partial charge in [-0.15, -0.1) is 0 Å². The first kappa shape index (κ1) is 13.3. The van der Waals surface area contributed by atoms with Crippen molar-refractivity contribution in [1.29, 1.82) is 0 Å². The zero-order valence-corrected chi connectivity index (χ0v) is 11.3. The van der Waals surface area contributed by atoms with E-state index in [0.29, 0.717) is 16.8 Å². The Kier molecular flexibility index (Phi) is 3.39. The van der Waals surface area contributed by atoms with E-state index in [0.717, 1.165) is 12.8 Å². The first-order valence-electron chi connectivity index (χ1n) is 6.78. The molecule has 1 fully saturated rings. The molecule has 1 heterocycles. The van der Waals surface area contributed by atoms with E-state index < -0.39 is 0 Å². The van der Waals surface area contributed by atoms with E-state index >= 15 is 0 Å². The molecule has 1 aliphatic carbocycles. The zero-order chi connectivity index (χ0) is 14.8. The normalized spacial score (nSPS) is 13.7. The van der Waals surface area contributed by atoms with Crippen LogP contribution in [0.5, 0.6) is 0 Å². The van der Waals surface area contributed by atoms with Crippen molar-refractivity contribution in [2.24, 2.45) is 5.92 Å². The number of aromatic nitrogens is 1. The predicted octanol–water partition coefficient (Wildman–Crippen LogP) is 2.22. The van der Waals surface area contributed by atoms with Crippen LogP contribution in [-0.2, 0) is 0 Å². The smallest absolute Gasteiger partial charge is 0.257 e. The van der Waals surface area contributed by atoms with Crippen LogP contribution in [0.2, 0.25) is 0 Å². The fraction of sp³-hybridized carbons (Fsp3) is 0.188. The Balaban J connectivity index is 1.69. The minimum atomic E-state index is -0.312. The summed E-state index contributed by atoms with van der Waals surface area (Å²) in [5, 5.41) is 2.72. The van der Waals surface area contributed by atoms with Gasteiger partial charge in [-0.3, -0.25) is 14.4 Å². The highest BCUT2D eigenvalue weighted by atomic mass is 16.2. The second-order valence-electron chi connectivity index (χ2n) is 5.11. The van der Waals surface area contributed by atoms with Crippen molar-refractivity contribution in [2.75, 3.05) is 5.32 Å². The Hall–Kier alpha value is -2.69. The topological polar surface area (TPSA) is 79.0 Å². The molecule has 1 aromatic heterocycles. The van der Waals surface area contributed by atoms with Crippen LogP contribution in [0.4, 0.5) is 5.69 Å². The minimum absolute atomic E-state index is 0.175. The van der Waals surface area contributed by atoms with Gasteiger partial charge in [0.25, 0.3) is 5.91 Å². The number of hydrogen-bond donors (Lipinski definition) is 2. The second-order valence-corrected chi connectivity index (χ2v) is 5.11. The molecule has 0 unspecified atom stereocenters. The molecule has 1 amide bonds. The van der Waals surface area contributed by atoms with Crippen LogP contribution in [0.25, 0.3) is 0 Å². The first-order valence-corrected chi connectivity index (χ1v) is 6.78. The molecule has 5 heteroatoms. The molecule has 1 aromatic carbocycles. The number of H-pyrrole nitrogens is 1. The van der Waals surface area contributed by atoms with E-state index in [9.17, 15) is 14.4 Å². The third-order valence-corrected chi connectivity index (χ3v) is 3.42. The van der Waals surface area contributed by atoms with Crippen molar-refractivity contribution in [3.8, 4) is 0 Å². The molecule has 5 nitrogen and oxygen atoms in total. The van der Waals surface area contributed by atoms with E-state index in [1.807, 2.05) is 0 Å². The standard InChI is InChI=1S/C16H14N2O3/c19-14-8-5-12(9-17-14)16(21)18-13-6-3-11(4-7-13)15(20)10-1-2-10/h3-10H,1-2H2,(H,17,19)(H,18,21). The van der Waals surface area contributed by atoms with Gasteiger partial charge in [-0.2, -0.15) is 0 Å². The Bertz CT molecular complexity index is 722. The van der Waals surface area contributed by atoms with Crippen LogP contribution in [0.3, 0.4) is 0 Å². The number of carbonyl (C=O) groups excluding carboxylic acids is 2. The predicted molar refractivity (Wildman–Crippen MR) is 78.5 cm³/mol. The summed E-state index contributed by atoms with van der Waals surface area (Å²) in [7, 11) is 0. The maximum absolute atomic E-state index is 12.0. The van der Waals surface area contributed by atoms with Crippen LogP contribution in [0.15, 0.2) is 47.4 Å². The zero-order valence-electron chi connectivity index (χ0n) is 11.3. The molecule has 3 rings (SSSR count). The molecular formula is C16H14N2O3. The molecule has 21 heavy (non-hydrogen) atoms. The summed E-state index contributed by atoms with van der Waals surface area (Å²) in [6, 6.07) is 9.62. The largest absolute Gasteiger partial charge is 0.328 e. The Labute approximate surface area is 121 Å². The number of anilines is 1. The quantitative estimate of drug-likeness (QED) is 0.844. The van der Waals surface area contributed by atoms with Gasteiger partial charge in [-0.1, -0.05) is 0 Å². The van der Waals surface area contributed by atoms with Gasteiger partial charge in [-0.05, 0) is 43.2 Å². The van der Waals surface area contributed by atoms with Gasteiger partial charge in [0, 0.05) is 29.4 Å². The van der Waals surface area contributed by atoms with Crippen molar-refractivity contribution in [3.05, 3.63) is 64.1 Å². The molecule has 0 radical (unpaired) electrons. The summed E-state index contributed by atoms with van der Waals surface area (Å²) in [4.78, 5) is 37.2. The van der Waals surface area contributed by atoms with Crippen LogP contribution < -0.4 is 10.9 Å². The molecule has 106 valence electrons. The average Bonchev–Trinajstić information content (AvgIpc) is 3.32. The number of aromatic amines is 1. The number of rotatable bonds is 4. The summed E-state index contributed by atoms with van der Waals surface area (Å²) in [5.74, 6) is 0.0487. The molecule has 2 aromatic rings. The monoisotopic (exact) mass is 282 g/mol. The van der Waals surface area contributed by atoms with E-state index in [1.54, 1.807) is 24.3 Å². The molecule has 1 aliphatic rings. The van der Waals surface area contributed by atoms with Crippen molar-refractivity contribution in [2.45, 2.75) is 12.8 Å². The number of benzene rings is 1. The summed E-state index contributed by atoms with van der Waals surface area (Å²) < 4.78 is 0. The fourth-order valence-corrected chi connectivity index (χ4v) is 2.05. The molecular weight excluding hydrogens is 268 g/mol. The van der Waals surface area contributed by atoms with Crippen molar-refractivity contribution >= 4 is 17.4 Å². The summed E-state index contributed by atoms with van der Waals surface area (Å²) in [6.45, 7) is 0. The maximum atomic E-state index is 12.0. The number of carbonyl (C=O) groups is 2. The molecule has 2 N–H and O–H groups in total. The number of nitrogens with one attached hydrogen (secondary N) is 2. The first-order chi connectivity index (χ1) is 10.1. The molecule has 0 aliphatic heterocycles. The lowest BCUT2D eigenvalue weighted by molar-refractivity contribution is 0.0967. The highest BCUT2D eigenvalue weighted by Gasteiger charge is 2.30. The van der Waals surface area contributed by atoms with Crippen molar-refractivity contribution < 1.29 is 9.59 Å². The minimum Gasteiger partial charge on any atom is -0.328 e. The number of Topliss-reactive ketones (excluding diaryl/α,β-unsaturated/α-hetero) is 1. The lowest BCUT2D eigenvalue weighted by Gasteiger charge is -2.06. The Morgan fingerprint density at radius 1 is 1.00 bits per heavy atom. The van der Waals surface area contributed by atoms with E-state index in [2.05, 4.69) is 10.3 Å². The van der Waals surface area contributed by atoms with Gasteiger partial charge in [-0.25, -0.2) is 0 Å². The molecule has 0 bridgehead atoms. The summed E-state index contributed by atoms with van der Waals surface area (Å²) in [6.07, 6.45) is 3.32. The van der Waals surface area contributed by atoms with Gasteiger partial charge in [0.1, 0.15) is 0 Å². The average molecular weight is 282 g/mol. The number of ketones is 1. The van der Waals surface area contributed by atoms with Gasteiger partial charge in [0.2, 0.25) is 5.56 Å². The van der Waals surface area contributed by atoms with Gasteiger partial charge in [0.15, 0.2) is 5.78 Å². The van der Waals surface area contributed by atoms with Crippen LogP contribution >= 0.6 is 0 Å². The summed E-state index contributed by atoms with van der Waals surface area (Å²) in [5.41, 5.74) is 1.40. The fourth-order valence-electron chi connectivity index (χ4n) is 2.05. The Morgan fingerprint density at radius 2 is 1.67 bits per heavy atom. The van der Waals surface area contributed by atoms with Gasteiger partial charge >= 0.3 is 0 Å². The number of amides is 1. The van der Waals surface area contributed by atoms with Gasteiger partial charge < -0.3 is 10.3 Å². The van der Waals surface area contributed by atoms with E-state index in [1.165, 1.54) is 18.3 Å². The molecule has 0 spiro atoms. The van der Waals surface area contributed by atoms with Crippen LogP contribution in [0, 0.1) is 5.92 Å². The van der Waals surface area contributed by atoms with Crippen molar-refractivity contribution in [3.63, 3.8) is 0 Å². The maximum Gasteiger partial charge on any atom is 0.257 e. The molecule has 1 saturated carbocycles. The van der Waals surface area contributed by atoms with E-state index in [-0.39, 0.29) is 23.2 Å². The Morgan fingerprint density at radius 3 is 2.24 bits per heavy atom.